The van der Waals surface area contributed by atoms with Gasteiger partial charge >= 0.3 is 0 Å². The second-order valence-electron chi connectivity index (χ2n) is 3.39. The summed E-state index contributed by atoms with van der Waals surface area (Å²) in [4.78, 5) is 8.57. The van der Waals surface area contributed by atoms with Crippen molar-refractivity contribution in [3.05, 3.63) is 0 Å². The number of hydrogen-bond donors (Lipinski definition) is 1. The Morgan fingerprint density at radius 3 is 2.00 bits per heavy atom. The van der Waals surface area contributed by atoms with Gasteiger partial charge in [0.25, 0.3) is 0 Å². The van der Waals surface area contributed by atoms with Gasteiger partial charge in [0.1, 0.15) is 0 Å². The molecule has 2 heteroatoms. The van der Waals surface area contributed by atoms with Crippen LogP contribution in [-0.2, 0) is 0 Å². The van der Waals surface area contributed by atoms with Gasteiger partial charge < -0.3 is 4.80 Å². The van der Waals surface area contributed by atoms with Gasteiger partial charge in [0.05, 0.1) is 0 Å². The first-order chi connectivity index (χ1) is 3.56. The quantitative estimate of drug-likeness (QED) is 0.554. The molecule has 0 aromatic carbocycles. The Labute approximate surface area is 54.1 Å². The summed E-state index contributed by atoms with van der Waals surface area (Å²) in [6.07, 6.45) is 1.18. The smallest absolute Gasteiger partial charge is 0.156 e. The van der Waals surface area contributed by atoms with E-state index in [1.54, 1.807) is 0 Å². The summed E-state index contributed by atoms with van der Waals surface area (Å²) >= 11 is 0. The van der Waals surface area contributed by atoms with Crippen LogP contribution in [0.15, 0.2) is 0 Å². The van der Waals surface area contributed by atoms with Crippen molar-refractivity contribution in [1.29, 1.82) is 0 Å². The fourth-order valence-electron chi connectivity index (χ4n) is 0.609. The van der Waals surface area contributed by atoms with Crippen molar-refractivity contribution >= 4 is 9.76 Å². The lowest BCUT2D eigenvalue weighted by molar-refractivity contribution is 0.392. The van der Waals surface area contributed by atoms with E-state index in [4.69, 9.17) is 4.80 Å². The summed E-state index contributed by atoms with van der Waals surface area (Å²) in [5.41, 5.74) is 0.426. The van der Waals surface area contributed by atoms with Gasteiger partial charge in [-0.05, 0) is 17.9 Å². The molecule has 0 heterocycles. The number of hydrogen-bond acceptors (Lipinski definition) is 1. The minimum atomic E-state index is -0.666. The second kappa shape index (κ2) is 3.25. The van der Waals surface area contributed by atoms with Crippen molar-refractivity contribution in [1.82, 2.24) is 0 Å². The molecule has 1 N–H and O–H groups in total. The minimum absolute atomic E-state index is 0.426. The Kier molecular flexibility index (Phi) is 3.32. The lowest BCUT2D eigenvalue weighted by atomic mass is 9.94. The molecule has 0 rings (SSSR count). The Bertz CT molecular complexity index is 56.0. The first kappa shape index (κ1) is 8.18. The van der Waals surface area contributed by atoms with Gasteiger partial charge in [0, 0.05) is 0 Å². The summed E-state index contributed by atoms with van der Waals surface area (Å²) in [6, 6.07) is 1.07. The van der Waals surface area contributed by atoms with Crippen molar-refractivity contribution < 1.29 is 4.80 Å². The summed E-state index contributed by atoms with van der Waals surface area (Å²) in [7, 11) is -0.666. The summed E-state index contributed by atoms with van der Waals surface area (Å²) in [6.45, 7) is 6.62. The van der Waals surface area contributed by atoms with Crippen molar-refractivity contribution in [2.45, 2.75) is 33.2 Å². The van der Waals surface area contributed by atoms with Crippen molar-refractivity contribution in [2.75, 3.05) is 0 Å². The SMILES string of the molecule is CC(C)(C)CC[SiH2]O. The van der Waals surface area contributed by atoms with Crippen LogP contribution >= 0.6 is 0 Å². The average Bonchev–Trinajstić information content (AvgIpc) is 1.59. The largest absolute Gasteiger partial charge is 0.438 e. The van der Waals surface area contributed by atoms with Gasteiger partial charge in [0.15, 0.2) is 9.76 Å². The molecule has 0 aliphatic rings. The van der Waals surface area contributed by atoms with Gasteiger partial charge in [-0.25, -0.2) is 0 Å². The molecule has 0 radical (unpaired) electrons. The summed E-state index contributed by atoms with van der Waals surface area (Å²) < 4.78 is 0. The molecule has 0 saturated heterocycles. The molecule has 8 heavy (non-hydrogen) atoms. The second-order valence-corrected chi connectivity index (χ2v) is 4.54. The molecule has 0 aromatic heterocycles. The van der Waals surface area contributed by atoms with E-state index >= 15 is 0 Å². The molecule has 0 aliphatic heterocycles. The molecule has 1 nitrogen and oxygen atoms in total. The molecule has 50 valence electrons. The normalized spacial score (nSPS) is 13.5. The van der Waals surface area contributed by atoms with Crippen molar-refractivity contribution in [2.24, 2.45) is 5.41 Å². The lowest BCUT2D eigenvalue weighted by Gasteiger charge is -2.15. The minimum Gasteiger partial charge on any atom is -0.438 e. The maximum atomic E-state index is 8.57. The highest BCUT2D eigenvalue weighted by atomic mass is 28.2. The van der Waals surface area contributed by atoms with Crippen molar-refractivity contribution in [3.63, 3.8) is 0 Å². The predicted molar refractivity (Wildman–Crippen MR) is 39.6 cm³/mol. The van der Waals surface area contributed by atoms with Crippen LogP contribution in [0.4, 0.5) is 0 Å². The molecule has 0 aliphatic carbocycles. The van der Waals surface area contributed by atoms with Crippen molar-refractivity contribution in [3.8, 4) is 0 Å². The molecule has 0 amide bonds. The zero-order valence-corrected chi connectivity index (χ0v) is 7.48. The highest BCUT2D eigenvalue weighted by molar-refractivity contribution is 6.25. The highest BCUT2D eigenvalue weighted by Gasteiger charge is 2.07. The Balaban J connectivity index is 3.11. The van der Waals surface area contributed by atoms with E-state index in [0.717, 1.165) is 6.04 Å². The third kappa shape index (κ3) is 6.18. The van der Waals surface area contributed by atoms with Crippen LogP contribution in [0.25, 0.3) is 0 Å². The first-order valence-corrected chi connectivity index (χ1v) is 4.80. The van der Waals surface area contributed by atoms with Gasteiger partial charge in [0.2, 0.25) is 0 Å². The van der Waals surface area contributed by atoms with Crippen LogP contribution in [0.5, 0.6) is 0 Å². The first-order valence-electron chi connectivity index (χ1n) is 3.17. The molecule has 0 fully saturated rings. The molecular formula is C6H16OSi. The topological polar surface area (TPSA) is 20.2 Å². The zero-order chi connectivity index (χ0) is 6.62. The molecular weight excluding hydrogens is 116 g/mol. The number of rotatable bonds is 2. The Hall–Kier alpha value is 0.177. The van der Waals surface area contributed by atoms with E-state index < -0.39 is 9.76 Å². The zero-order valence-electron chi connectivity index (χ0n) is 6.07. The van der Waals surface area contributed by atoms with E-state index in [-0.39, 0.29) is 0 Å². The third-order valence-corrected chi connectivity index (χ3v) is 1.75. The van der Waals surface area contributed by atoms with Crippen LogP contribution in [0.1, 0.15) is 27.2 Å². The molecule has 0 atom stereocenters. The van der Waals surface area contributed by atoms with Crippen LogP contribution in [0.3, 0.4) is 0 Å². The van der Waals surface area contributed by atoms with Gasteiger partial charge in [-0.15, -0.1) is 0 Å². The maximum Gasteiger partial charge on any atom is 0.156 e. The third-order valence-electron chi connectivity index (χ3n) is 1.08. The lowest BCUT2D eigenvalue weighted by Crippen LogP contribution is -2.05. The monoisotopic (exact) mass is 132 g/mol. The Morgan fingerprint density at radius 2 is 1.88 bits per heavy atom. The molecule has 0 aromatic rings. The van der Waals surface area contributed by atoms with Crippen LogP contribution in [-0.4, -0.2) is 14.6 Å². The molecule has 0 spiro atoms. The van der Waals surface area contributed by atoms with Crippen LogP contribution < -0.4 is 0 Å². The molecule has 0 bridgehead atoms. The maximum absolute atomic E-state index is 8.57. The Morgan fingerprint density at radius 1 is 1.38 bits per heavy atom. The van der Waals surface area contributed by atoms with E-state index in [0.29, 0.717) is 5.41 Å². The standard InChI is InChI=1S/C6H16OSi/c1-6(2,3)4-5-8-7/h7H,4-5,8H2,1-3H3. The molecule has 0 unspecified atom stereocenters. The van der Waals surface area contributed by atoms with E-state index in [1.165, 1.54) is 6.42 Å². The van der Waals surface area contributed by atoms with Crippen LogP contribution in [0, 0.1) is 5.41 Å². The van der Waals surface area contributed by atoms with Crippen LogP contribution in [0.2, 0.25) is 6.04 Å². The van der Waals surface area contributed by atoms with E-state index in [1.807, 2.05) is 0 Å². The summed E-state index contributed by atoms with van der Waals surface area (Å²) in [5, 5.41) is 0. The van der Waals surface area contributed by atoms with Gasteiger partial charge in [-0.2, -0.15) is 0 Å². The molecule has 0 saturated carbocycles. The fraction of sp³-hybridized carbons (Fsp3) is 1.00. The van der Waals surface area contributed by atoms with E-state index in [2.05, 4.69) is 20.8 Å². The van der Waals surface area contributed by atoms with E-state index in [9.17, 15) is 0 Å². The van der Waals surface area contributed by atoms with Gasteiger partial charge in [-0.3, -0.25) is 0 Å². The van der Waals surface area contributed by atoms with Gasteiger partial charge in [-0.1, -0.05) is 20.8 Å². The average molecular weight is 132 g/mol. The summed E-state index contributed by atoms with van der Waals surface area (Å²) in [5.74, 6) is 0. The fourth-order valence-corrected chi connectivity index (χ4v) is 1.83. The highest BCUT2D eigenvalue weighted by Crippen LogP contribution is 2.19. The predicted octanol–water partition coefficient (Wildman–Crippen LogP) is 0.917.